The van der Waals surface area contributed by atoms with Crippen molar-refractivity contribution in [1.82, 2.24) is 14.9 Å². The van der Waals surface area contributed by atoms with Gasteiger partial charge in [0.2, 0.25) is 0 Å². The molecule has 2 aromatic heterocycles. The number of piperidine rings is 1. The molecule has 0 N–H and O–H groups in total. The first-order chi connectivity index (χ1) is 16.3. The minimum absolute atomic E-state index is 0.173. The van der Waals surface area contributed by atoms with Gasteiger partial charge >= 0.3 is 0 Å². The van der Waals surface area contributed by atoms with Gasteiger partial charge < -0.3 is 14.5 Å². The summed E-state index contributed by atoms with van der Waals surface area (Å²) in [6, 6.07) is 15.2. The number of carbonyl (C=O) groups is 1. The van der Waals surface area contributed by atoms with Crippen molar-refractivity contribution in [3.05, 3.63) is 66.0 Å². The van der Waals surface area contributed by atoms with Crippen LogP contribution in [0.25, 0.3) is 10.9 Å². The number of amides is 1. The Kier molecular flexibility index (Phi) is 5.46. The first kappa shape index (κ1) is 20.6. The fourth-order valence-electron chi connectivity index (χ4n) is 6.11. The summed E-state index contributed by atoms with van der Waals surface area (Å²) in [5.41, 5.74) is 3.22. The molecule has 0 unspecified atom stereocenters. The van der Waals surface area contributed by atoms with Crippen LogP contribution >= 0.6 is 0 Å². The highest BCUT2D eigenvalue weighted by Crippen LogP contribution is 2.41. The van der Waals surface area contributed by atoms with Crippen LogP contribution in [0.1, 0.15) is 41.6 Å². The second-order valence-corrected chi connectivity index (χ2v) is 9.63. The molecule has 2 bridgehead atoms. The molecule has 3 fully saturated rings. The number of hydrogen-bond donors (Lipinski definition) is 0. The maximum absolute atomic E-state index is 13.6. The lowest BCUT2D eigenvalue weighted by Crippen LogP contribution is -2.47. The van der Waals surface area contributed by atoms with Crippen LogP contribution in [0, 0.1) is 5.92 Å². The molecule has 3 aliphatic rings. The summed E-state index contributed by atoms with van der Waals surface area (Å²) in [7, 11) is 0. The van der Waals surface area contributed by atoms with Crippen LogP contribution in [0.4, 0.5) is 5.82 Å². The standard InChI is InChI=1S/C27H30N4O2/c32-27(21-8-10-29-26(18-21)30-11-13-33-14-12-30)31-22-6-7-23(31)17-19(16-22)15-20-3-1-5-25-24(20)4-2-9-28-25/h1-5,8-10,18-19,22-23H,6-7,11-17H2/t22-,23-/m0/s1. The van der Waals surface area contributed by atoms with Gasteiger partial charge in [0.25, 0.3) is 5.91 Å². The van der Waals surface area contributed by atoms with Gasteiger partial charge in [-0.25, -0.2) is 4.98 Å². The molecular formula is C27H30N4O2. The fourth-order valence-corrected chi connectivity index (χ4v) is 6.11. The van der Waals surface area contributed by atoms with Crippen molar-refractivity contribution in [3.63, 3.8) is 0 Å². The van der Waals surface area contributed by atoms with Crippen LogP contribution in [0.3, 0.4) is 0 Å². The van der Waals surface area contributed by atoms with E-state index in [2.05, 4.69) is 44.0 Å². The summed E-state index contributed by atoms with van der Waals surface area (Å²) in [5.74, 6) is 1.67. The summed E-state index contributed by atoms with van der Waals surface area (Å²) in [5, 5.41) is 1.26. The molecule has 6 nitrogen and oxygen atoms in total. The first-order valence-corrected chi connectivity index (χ1v) is 12.2. The maximum atomic E-state index is 13.6. The van der Waals surface area contributed by atoms with E-state index in [9.17, 15) is 4.79 Å². The fraction of sp³-hybridized carbons (Fsp3) is 0.444. The number of ether oxygens (including phenoxy) is 1. The average molecular weight is 443 g/mol. The molecule has 0 aliphatic carbocycles. The number of carbonyl (C=O) groups excluding carboxylic acids is 1. The quantitative estimate of drug-likeness (QED) is 0.609. The maximum Gasteiger partial charge on any atom is 0.254 e. The zero-order valence-corrected chi connectivity index (χ0v) is 18.9. The zero-order valence-electron chi connectivity index (χ0n) is 18.9. The van der Waals surface area contributed by atoms with Gasteiger partial charge in [-0.15, -0.1) is 0 Å². The second kappa shape index (κ2) is 8.75. The molecule has 6 rings (SSSR count). The number of pyridine rings is 2. The number of benzene rings is 1. The van der Waals surface area contributed by atoms with Crippen molar-refractivity contribution in [1.29, 1.82) is 0 Å². The number of aromatic nitrogens is 2. The molecule has 170 valence electrons. The highest BCUT2D eigenvalue weighted by Gasteiger charge is 2.43. The van der Waals surface area contributed by atoms with Crippen molar-refractivity contribution in [2.24, 2.45) is 5.92 Å². The van der Waals surface area contributed by atoms with E-state index in [1.165, 1.54) is 10.9 Å². The van der Waals surface area contributed by atoms with Crippen LogP contribution in [0.5, 0.6) is 0 Å². The molecule has 0 saturated carbocycles. The topological polar surface area (TPSA) is 58.6 Å². The van der Waals surface area contributed by atoms with Gasteiger partial charge in [-0.2, -0.15) is 0 Å². The molecule has 2 atom stereocenters. The van der Waals surface area contributed by atoms with Crippen molar-refractivity contribution in [2.75, 3.05) is 31.2 Å². The lowest BCUT2D eigenvalue weighted by atomic mass is 9.84. The molecule has 0 spiro atoms. The second-order valence-electron chi connectivity index (χ2n) is 9.63. The zero-order chi connectivity index (χ0) is 22.2. The summed E-state index contributed by atoms with van der Waals surface area (Å²) < 4.78 is 5.46. The van der Waals surface area contributed by atoms with Crippen LogP contribution in [0.2, 0.25) is 0 Å². The summed E-state index contributed by atoms with van der Waals surface area (Å²) in [6.07, 6.45) is 9.10. The molecule has 1 amide bonds. The van der Waals surface area contributed by atoms with Gasteiger partial charge in [0.15, 0.2) is 0 Å². The highest BCUT2D eigenvalue weighted by molar-refractivity contribution is 5.95. The number of hydrogen-bond acceptors (Lipinski definition) is 5. The smallest absolute Gasteiger partial charge is 0.254 e. The Morgan fingerprint density at radius 1 is 0.970 bits per heavy atom. The Morgan fingerprint density at radius 3 is 2.61 bits per heavy atom. The number of anilines is 1. The van der Waals surface area contributed by atoms with E-state index in [1.807, 2.05) is 24.4 Å². The van der Waals surface area contributed by atoms with Crippen LogP contribution in [0.15, 0.2) is 54.9 Å². The van der Waals surface area contributed by atoms with Crippen molar-refractivity contribution in [2.45, 2.75) is 44.2 Å². The Labute approximate surface area is 194 Å². The largest absolute Gasteiger partial charge is 0.378 e. The molecule has 3 aliphatic heterocycles. The van der Waals surface area contributed by atoms with Crippen molar-refractivity contribution in [3.8, 4) is 0 Å². The normalized spacial score (nSPS) is 24.9. The lowest BCUT2D eigenvalue weighted by molar-refractivity contribution is 0.0524. The third-order valence-electron chi connectivity index (χ3n) is 7.64. The van der Waals surface area contributed by atoms with Crippen LogP contribution < -0.4 is 4.90 Å². The van der Waals surface area contributed by atoms with E-state index < -0.39 is 0 Å². The predicted molar refractivity (Wildman–Crippen MR) is 128 cm³/mol. The van der Waals surface area contributed by atoms with Gasteiger partial charge in [-0.1, -0.05) is 18.2 Å². The monoisotopic (exact) mass is 442 g/mol. The predicted octanol–water partition coefficient (Wildman–Crippen LogP) is 4.09. The van der Waals surface area contributed by atoms with Gasteiger partial charge in [-0.05, 0) is 67.9 Å². The molecule has 1 aromatic carbocycles. The Bertz CT molecular complexity index is 1140. The van der Waals surface area contributed by atoms with Gasteiger partial charge in [0.05, 0.1) is 18.7 Å². The Morgan fingerprint density at radius 2 is 1.79 bits per heavy atom. The van der Waals surface area contributed by atoms with E-state index in [1.54, 1.807) is 6.20 Å². The van der Waals surface area contributed by atoms with Crippen molar-refractivity contribution >= 4 is 22.6 Å². The van der Waals surface area contributed by atoms with Crippen LogP contribution in [-0.4, -0.2) is 59.2 Å². The lowest BCUT2D eigenvalue weighted by Gasteiger charge is -2.39. The van der Waals surface area contributed by atoms with E-state index in [0.717, 1.165) is 62.1 Å². The highest BCUT2D eigenvalue weighted by atomic mass is 16.5. The molecule has 6 heteroatoms. The van der Waals surface area contributed by atoms with Gasteiger partial charge in [0, 0.05) is 48.5 Å². The summed E-state index contributed by atoms with van der Waals surface area (Å²) in [6.45, 7) is 3.07. The molecule has 33 heavy (non-hydrogen) atoms. The van der Waals surface area contributed by atoms with E-state index in [4.69, 9.17) is 4.74 Å². The summed E-state index contributed by atoms with van der Waals surface area (Å²) in [4.78, 5) is 27.0. The third kappa shape index (κ3) is 3.97. The number of nitrogens with zero attached hydrogens (tertiary/aromatic N) is 4. The Balaban J connectivity index is 1.18. The molecule has 3 saturated heterocycles. The van der Waals surface area contributed by atoms with Crippen LogP contribution in [-0.2, 0) is 11.2 Å². The van der Waals surface area contributed by atoms with E-state index in [-0.39, 0.29) is 5.91 Å². The minimum atomic E-state index is 0.173. The van der Waals surface area contributed by atoms with E-state index in [0.29, 0.717) is 31.2 Å². The molecule has 5 heterocycles. The molecular weight excluding hydrogens is 412 g/mol. The number of fused-ring (bicyclic) bond motifs is 3. The van der Waals surface area contributed by atoms with E-state index >= 15 is 0 Å². The summed E-state index contributed by atoms with van der Waals surface area (Å²) >= 11 is 0. The first-order valence-electron chi connectivity index (χ1n) is 12.2. The minimum Gasteiger partial charge on any atom is -0.378 e. The SMILES string of the molecule is O=C(c1ccnc(N2CCOCC2)c1)N1[C@H]2CC[C@H]1CC(Cc1cccc3ncccc13)C2. The molecule has 3 aromatic rings. The third-order valence-corrected chi connectivity index (χ3v) is 7.64. The van der Waals surface area contributed by atoms with Crippen molar-refractivity contribution < 1.29 is 9.53 Å². The Hall–Kier alpha value is -2.99. The average Bonchev–Trinajstić information content (AvgIpc) is 3.14. The van der Waals surface area contributed by atoms with Gasteiger partial charge in [-0.3, -0.25) is 9.78 Å². The number of rotatable bonds is 4. The molecule has 0 radical (unpaired) electrons. The van der Waals surface area contributed by atoms with Gasteiger partial charge in [0.1, 0.15) is 5.82 Å². The number of morpholine rings is 1.